The van der Waals surface area contributed by atoms with Crippen LogP contribution in [0.4, 0.5) is 5.69 Å². The van der Waals surface area contributed by atoms with Crippen molar-refractivity contribution < 1.29 is 19.4 Å². The third-order valence-electron chi connectivity index (χ3n) is 4.00. The minimum absolute atomic E-state index is 0.00815. The van der Waals surface area contributed by atoms with Crippen molar-refractivity contribution in [3.63, 3.8) is 0 Å². The largest absolute Gasteiger partial charge is 0.497 e. The fourth-order valence-corrected chi connectivity index (χ4v) is 2.85. The zero-order valence-corrected chi connectivity index (χ0v) is 12.5. The molecule has 1 aromatic rings. The lowest BCUT2D eigenvalue weighted by molar-refractivity contribution is -0.148. The van der Waals surface area contributed by atoms with Gasteiger partial charge in [-0.2, -0.15) is 0 Å². The van der Waals surface area contributed by atoms with Gasteiger partial charge in [-0.05, 0) is 37.7 Å². The van der Waals surface area contributed by atoms with Gasteiger partial charge in [0.15, 0.2) is 0 Å². The number of carbonyl (C=O) groups excluding carboxylic acids is 1. The van der Waals surface area contributed by atoms with Gasteiger partial charge >= 0.3 is 5.97 Å². The van der Waals surface area contributed by atoms with E-state index in [1.165, 1.54) is 7.11 Å². The Kier molecular flexibility index (Phi) is 5.03. The first-order valence-electron chi connectivity index (χ1n) is 6.94. The molecule has 6 nitrogen and oxygen atoms in total. The summed E-state index contributed by atoms with van der Waals surface area (Å²) in [5, 5.41) is 16.6. The van der Waals surface area contributed by atoms with Gasteiger partial charge in [0, 0.05) is 11.7 Å². The van der Waals surface area contributed by atoms with Crippen molar-refractivity contribution in [3.05, 3.63) is 24.3 Å². The third kappa shape index (κ3) is 3.28. The van der Waals surface area contributed by atoms with Crippen LogP contribution in [0.3, 0.4) is 0 Å². The van der Waals surface area contributed by atoms with Crippen LogP contribution >= 0.6 is 0 Å². The number of likely N-dealkylation sites (N-methyl/N-ethyl adjacent to an activating group) is 1. The molecule has 116 valence electrons. The molecule has 0 bridgehead atoms. The van der Waals surface area contributed by atoms with Gasteiger partial charge in [-0.3, -0.25) is 4.79 Å². The standard InChI is InChI=1S/C15H22N2O4/c1-16-11-8-12(18)13(15(19)21-3)14(11)17-9-4-6-10(20-2)7-5-9/h4-7,11-14,16-18H,8H2,1-3H3/t11-,12+,13-,14+/m0/s1. The highest BCUT2D eigenvalue weighted by molar-refractivity contribution is 5.75. The Morgan fingerprint density at radius 3 is 2.48 bits per heavy atom. The van der Waals surface area contributed by atoms with Crippen LogP contribution in [0, 0.1) is 5.92 Å². The summed E-state index contributed by atoms with van der Waals surface area (Å²) in [6.45, 7) is 0. The van der Waals surface area contributed by atoms with Crippen molar-refractivity contribution in [2.24, 2.45) is 5.92 Å². The lowest BCUT2D eigenvalue weighted by Crippen LogP contribution is -2.44. The molecule has 1 aliphatic carbocycles. The number of anilines is 1. The minimum atomic E-state index is -0.717. The van der Waals surface area contributed by atoms with E-state index in [1.807, 2.05) is 31.3 Å². The highest BCUT2D eigenvalue weighted by Gasteiger charge is 2.46. The van der Waals surface area contributed by atoms with Crippen LogP contribution in [0.5, 0.6) is 5.75 Å². The average molecular weight is 294 g/mol. The SMILES string of the molecule is CN[C@H]1C[C@@H](O)[C@H](C(=O)OC)[C@@H]1Nc1ccc(OC)cc1. The number of rotatable bonds is 5. The summed E-state index contributed by atoms with van der Waals surface area (Å²) in [7, 11) is 4.77. The topological polar surface area (TPSA) is 79.8 Å². The lowest BCUT2D eigenvalue weighted by atomic mass is 10.00. The van der Waals surface area contributed by atoms with E-state index in [4.69, 9.17) is 9.47 Å². The van der Waals surface area contributed by atoms with Crippen LogP contribution in [0.2, 0.25) is 0 Å². The maximum Gasteiger partial charge on any atom is 0.313 e. The van der Waals surface area contributed by atoms with Crippen molar-refractivity contribution in [2.75, 3.05) is 26.6 Å². The molecular weight excluding hydrogens is 272 g/mol. The molecule has 1 saturated carbocycles. The second-order valence-electron chi connectivity index (χ2n) is 5.15. The number of aliphatic hydroxyl groups excluding tert-OH is 1. The van der Waals surface area contributed by atoms with Crippen LogP contribution in [0.15, 0.2) is 24.3 Å². The van der Waals surface area contributed by atoms with Crippen molar-refractivity contribution in [1.82, 2.24) is 5.32 Å². The van der Waals surface area contributed by atoms with Gasteiger partial charge in [-0.15, -0.1) is 0 Å². The normalized spacial score (nSPS) is 28.2. The fraction of sp³-hybridized carbons (Fsp3) is 0.533. The number of benzene rings is 1. The highest BCUT2D eigenvalue weighted by Crippen LogP contribution is 2.31. The number of nitrogens with one attached hydrogen (secondary N) is 2. The van der Waals surface area contributed by atoms with Gasteiger partial charge in [0.1, 0.15) is 11.7 Å². The number of hydrogen-bond donors (Lipinski definition) is 3. The molecule has 0 amide bonds. The minimum Gasteiger partial charge on any atom is -0.497 e. The summed E-state index contributed by atoms with van der Waals surface area (Å²) in [5.74, 6) is -0.220. The van der Waals surface area contributed by atoms with Gasteiger partial charge in [-0.1, -0.05) is 0 Å². The van der Waals surface area contributed by atoms with E-state index < -0.39 is 18.0 Å². The highest BCUT2D eigenvalue weighted by atomic mass is 16.5. The van der Waals surface area contributed by atoms with Gasteiger partial charge < -0.3 is 25.2 Å². The number of esters is 1. The van der Waals surface area contributed by atoms with Crippen molar-refractivity contribution in [1.29, 1.82) is 0 Å². The maximum atomic E-state index is 11.9. The number of methoxy groups -OCH3 is 2. The fourth-order valence-electron chi connectivity index (χ4n) is 2.85. The first-order chi connectivity index (χ1) is 10.1. The molecule has 3 N–H and O–H groups in total. The second kappa shape index (κ2) is 6.78. The molecule has 0 aliphatic heterocycles. The zero-order valence-electron chi connectivity index (χ0n) is 12.5. The first-order valence-corrected chi connectivity index (χ1v) is 6.94. The molecule has 21 heavy (non-hydrogen) atoms. The van der Waals surface area contributed by atoms with Crippen LogP contribution in [0.1, 0.15) is 6.42 Å². The third-order valence-corrected chi connectivity index (χ3v) is 4.00. The molecule has 1 fully saturated rings. The Balaban J connectivity index is 2.17. The number of ether oxygens (including phenoxy) is 2. The van der Waals surface area contributed by atoms with Gasteiger partial charge in [0.2, 0.25) is 0 Å². The molecular formula is C15H22N2O4. The van der Waals surface area contributed by atoms with Crippen molar-refractivity contribution in [3.8, 4) is 5.75 Å². The molecule has 0 radical (unpaired) electrons. The predicted molar refractivity (Wildman–Crippen MR) is 79.4 cm³/mol. The molecule has 0 unspecified atom stereocenters. The summed E-state index contributed by atoms with van der Waals surface area (Å²) >= 11 is 0. The lowest BCUT2D eigenvalue weighted by Gasteiger charge is -2.26. The molecule has 2 rings (SSSR count). The second-order valence-corrected chi connectivity index (χ2v) is 5.15. The monoisotopic (exact) mass is 294 g/mol. The number of aliphatic hydroxyl groups is 1. The van der Waals surface area contributed by atoms with Crippen LogP contribution in [0.25, 0.3) is 0 Å². The van der Waals surface area contributed by atoms with Crippen LogP contribution < -0.4 is 15.4 Å². The van der Waals surface area contributed by atoms with Crippen molar-refractivity contribution in [2.45, 2.75) is 24.6 Å². The molecule has 1 aliphatic rings. The van der Waals surface area contributed by atoms with Gasteiger partial charge in [0.25, 0.3) is 0 Å². The quantitative estimate of drug-likeness (QED) is 0.691. The summed E-state index contributed by atoms with van der Waals surface area (Å²) < 4.78 is 9.94. The average Bonchev–Trinajstić information content (AvgIpc) is 2.83. The Morgan fingerprint density at radius 2 is 1.95 bits per heavy atom. The summed E-state index contributed by atoms with van der Waals surface area (Å²) in [5.41, 5.74) is 0.865. The molecule has 6 heteroatoms. The molecule has 0 heterocycles. The maximum absolute atomic E-state index is 11.9. The Hall–Kier alpha value is -1.79. The van der Waals surface area contributed by atoms with E-state index in [9.17, 15) is 9.90 Å². The van der Waals surface area contributed by atoms with Crippen LogP contribution in [-0.2, 0) is 9.53 Å². The van der Waals surface area contributed by atoms with E-state index >= 15 is 0 Å². The van der Waals surface area contributed by atoms with Crippen molar-refractivity contribution >= 4 is 11.7 Å². The van der Waals surface area contributed by atoms with Gasteiger partial charge in [-0.25, -0.2) is 0 Å². The molecule has 0 saturated heterocycles. The molecule has 1 aromatic carbocycles. The van der Waals surface area contributed by atoms with E-state index in [-0.39, 0.29) is 12.1 Å². The molecule has 0 spiro atoms. The summed E-state index contributed by atoms with van der Waals surface area (Å²) in [6.07, 6.45) is -0.213. The molecule has 4 atom stereocenters. The summed E-state index contributed by atoms with van der Waals surface area (Å²) in [4.78, 5) is 11.9. The summed E-state index contributed by atoms with van der Waals surface area (Å²) in [6, 6.07) is 7.21. The Bertz CT molecular complexity index is 477. The van der Waals surface area contributed by atoms with Gasteiger partial charge in [0.05, 0.1) is 26.4 Å². The van der Waals surface area contributed by atoms with Crippen LogP contribution in [-0.4, -0.2) is 50.5 Å². The number of carbonyl (C=O) groups is 1. The predicted octanol–water partition coefficient (Wildman–Crippen LogP) is 0.618. The smallest absolute Gasteiger partial charge is 0.313 e. The van der Waals surface area contributed by atoms with E-state index in [0.29, 0.717) is 6.42 Å². The van der Waals surface area contributed by atoms with E-state index in [1.54, 1.807) is 7.11 Å². The molecule has 0 aromatic heterocycles. The van der Waals surface area contributed by atoms with E-state index in [0.717, 1.165) is 11.4 Å². The Labute approximate surface area is 124 Å². The zero-order chi connectivity index (χ0) is 15.4. The Morgan fingerprint density at radius 1 is 1.29 bits per heavy atom. The van der Waals surface area contributed by atoms with E-state index in [2.05, 4.69) is 10.6 Å². The number of hydrogen-bond acceptors (Lipinski definition) is 6. The first kappa shape index (κ1) is 15.6.